The standard InChI is InChI=1S/C41H34Cl3N3O7/c1-20-7-11-23(18-30(20)43)46-37(49)26-15-14-25-28(34(26)39(46)51)19-29-38(50)47(45-32-16-10-22(42)17-31(32)44)40(52)41(29,21-8-12-24(53-2)13-9-21)35(25)27-5-4-6-33(54-3)36(27)48/h4-14,16-18,26,28-29,34-35,45,48H,15,19H2,1-3H3. The smallest absolute Gasteiger partial charge is 0.260 e. The molecule has 2 saturated heterocycles. The largest absolute Gasteiger partial charge is 0.504 e. The molecule has 10 nitrogen and oxygen atoms in total. The van der Waals surface area contributed by atoms with Gasteiger partial charge in [0, 0.05) is 21.5 Å². The fourth-order valence-electron chi connectivity index (χ4n) is 9.10. The number of nitrogens with zero attached hydrogens (tertiary/aromatic N) is 2. The molecule has 2 aliphatic carbocycles. The number of aryl methyl sites for hydroxylation is 1. The number of nitrogens with one attached hydrogen (secondary N) is 1. The third kappa shape index (κ3) is 5.21. The number of phenols is 1. The molecule has 8 rings (SSSR count). The molecular weight excluding hydrogens is 753 g/mol. The first-order chi connectivity index (χ1) is 25.9. The minimum absolute atomic E-state index is 0.0544. The van der Waals surface area contributed by atoms with Crippen LogP contribution in [-0.4, -0.2) is 48.0 Å². The molecule has 4 aromatic carbocycles. The SMILES string of the molecule is COc1ccc(C23C(=O)N(Nc4ccc(Cl)cc4Cl)C(=O)C2CC2C(=CCC4C(=O)N(c5ccc(C)c(Cl)c5)C(=O)C42)C3c2cccc(OC)c2O)cc1. The van der Waals surface area contributed by atoms with Gasteiger partial charge in [-0.1, -0.05) is 76.8 Å². The highest BCUT2D eigenvalue weighted by molar-refractivity contribution is 6.36. The molecule has 13 heteroatoms. The highest BCUT2D eigenvalue weighted by Gasteiger charge is 2.70. The van der Waals surface area contributed by atoms with Crippen molar-refractivity contribution in [1.29, 1.82) is 0 Å². The Bertz CT molecular complexity index is 2300. The molecule has 276 valence electrons. The van der Waals surface area contributed by atoms with E-state index in [2.05, 4.69) is 5.43 Å². The Morgan fingerprint density at radius 3 is 2.28 bits per heavy atom. The Morgan fingerprint density at radius 1 is 0.833 bits per heavy atom. The molecule has 4 aliphatic rings. The number of aromatic hydroxyl groups is 1. The summed E-state index contributed by atoms with van der Waals surface area (Å²) < 4.78 is 11.0. The van der Waals surface area contributed by atoms with E-state index in [1.54, 1.807) is 72.8 Å². The normalized spacial score (nSPS) is 26.0. The molecule has 0 spiro atoms. The fraction of sp³-hybridized carbons (Fsp3) is 0.268. The maximum Gasteiger partial charge on any atom is 0.260 e. The zero-order chi connectivity index (χ0) is 38.2. The van der Waals surface area contributed by atoms with Gasteiger partial charge >= 0.3 is 0 Å². The molecule has 2 aliphatic heterocycles. The van der Waals surface area contributed by atoms with E-state index in [0.29, 0.717) is 38.2 Å². The maximum absolute atomic E-state index is 15.4. The zero-order valence-corrected chi connectivity index (χ0v) is 31.6. The number of hydrazine groups is 1. The Balaban J connectivity index is 1.34. The lowest BCUT2D eigenvalue weighted by atomic mass is 9.49. The van der Waals surface area contributed by atoms with Crippen LogP contribution in [0.3, 0.4) is 0 Å². The molecule has 54 heavy (non-hydrogen) atoms. The second kappa shape index (κ2) is 13.4. The number of ether oxygens (including phenoxy) is 2. The van der Waals surface area contributed by atoms with Crippen molar-refractivity contribution in [1.82, 2.24) is 5.01 Å². The number of fused-ring (bicyclic) bond motifs is 4. The van der Waals surface area contributed by atoms with Crippen molar-refractivity contribution in [2.75, 3.05) is 24.5 Å². The van der Waals surface area contributed by atoms with Gasteiger partial charge in [0.2, 0.25) is 11.8 Å². The number of carbonyl (C=O) groups is 4. The monoisotopic (exact) mass is 785 g/mol. The fourth-order valence-corrected chi connectivity index (χ4v) is 9.73. The van der Waals surface area contributed by atoms with Gasteiger partial charge in [-0.25, -0.2) is 4.90 Å². The number of imide groups is 2. The lowest BCUT2D eigenvalue weighted by molar-refractivity contribution is -0.138. The second-order valence-corrected chi connectivity index (χ2v) is 15.3. The van der Waals surface area contributed by atoms with E-state index in [1.165, 1.54) is 25.2 Å². The van der Waals surface area contributed by atoms with Crippen LogP contribution in [0.5, 0.6) is 17.2 Å². The number of allylic oxidation sites excluding steroid dienone is 2. The third-order valence-corrected chi connectivity index (χ3v) is 12.5. The van der Waals surface area contributed by atoms with Gasteiger partial charge in [-0.15, -0.1) is 0 Å². The summed E-state index contributed by atoms with van der Waals surface area (Å²) in [7, 11) is 2.96. The summed E-state index contributed by atoms with van der Waals surface area (Å²) in [5, 5.41) is 13.8. The average Bonchev–Trinajstić information content (AvgIpc) is 3.54. The number of carbonyl (C=O) groups excluding carboxylic acids is 4. The van der Waals surface area contributed by atoms with E-state index >= 15 is 4.79 Å². The van der Waals surface area contributed by atoms with E-state index < -0.39 is 52.7 Å². The first-order valence-electron chi connectivity index (χ1n) is 17.4. The Hall–Kier alpha value is -5.03. The van der Waals surface area contributed by atoms with Gasteiger partial charge < -0.3 is 14.6 Å². The van der Waals surface area contributed by atoms with E-state index in [0.717, 1.165) is 10.6 Å². The number of phenolic OH excluding ortho intramolecular Hbond substituents is 1. The van der Waals surface area contributed by atoms with Crippen LogP contribution in [0.1, 0.15) is 35.4 Å². The predicted molar refractivity (Wildman–Crippen MR) is 204 cm³/mol. The van der Waals surface area contributed by atoms with Crippen molar-refractivity contribution in [2.24, 2.45) is 23.7 Å². The molecule has 0 aromatic heterocycles. The van der Waals surface area contributed by atoms with Crippen LogP contribution in [0.4, 0.5) is 11.4 Å². The molecule has 2 heterocycles. The molecule has 0 bridgehead atoms. The van der Waals surface area contributed by atoms with Gasteiger partial charge in [0.25, 0.3) is 11.8 Å². The molecule has 4 aromatic rings. The van der Waals surface area contributed by atoms with Crippen molar-refractivity contribution in [3.05, 3.63) is 122 Å². The number of hydrogen-bond donors (Lipinski definition) is 2. The lowest BCUT2D eigenvalue weighted by Gasteiger charge is -2.50. The lowest BCUT2D eigenvalue weighted by Crippen LogP contribution is -2.53. The van der Waals surface area contributed by atoms with Crippen LogP contribution >= 0.6 is 34.8 Å². The van der Waals surface area contributed by atoms with Gasteiger partial charge in [0.15, 0.2) is 11.5 Å². The van der Waals surface area contributed by atoms with Crippen LogP contribution in [0.25, 0.3) is 0 Å². The summed E-state index contributed by atoms with van der Waals surface area (Å²) in [6, 6.07) is 21.6. The van der Waals surface area contributed by atoms with Crippen LogP contribution in [0.15, 0.2) is 90.5 Å². The van der Waals surface area contributed by atoms with Crippen molar-refractivity contribution < 1.29 is 33.8 Å². The number of amides is 4. The third-order valence-electron chi connectivity index (χ3n) is 11.6. The number of rotatable bonds is 7. The molecule has 4 amide bonds. The number of benzene rings is 4. The predicted octanol–water partition coefficient (Wildman–Crippen LogP) is 7.87. The first kappa shape index (κ1) is 36.0. The van der Waals surface area contributed by atoms with Gasteiger partial charge in [-0.3, -0.25) is 24.6 Å². The van der Waals surface area contributed by atoms with Crippen molar-refractivity contribution >= 4 is 69.8 Å². The van der Waals surface area contributed by atoms with Crippen molar-refractivity contribution in [2.45, 2.75) is 31.1 Å². The first-order valence-corrected chi connectivity index (χ1v) is 18.5. The average molecular weight is 787 g/mol. The minimum Gasteiger partial charge on any atom is -0.504 e. The summed E-state index contributed by atoms with van der Waals surface area (Å²) in [5.41, 5.74) is 4.25. The number of para-hydroxylation sites is 1. The quantitative estimate of drug-likeness (QED) is 0.143. The van der Waals surface area contributed by atoms with Crippen LogP contribution < -0.4 is 19.8 Å². The second-order valence-electron chi connectivity index (χ2n) is 14.1. The molecule has 2 N–H and O–H groups in total. The highest BCUT2D eigenvalue weighted by atomic mass is 35.5. The molecule has 1 saturated carbocycles. The Kier molecular flexibility index (Phi) is 8.91. The number of methoxy groups -OCH3 is 2. The van der Waals surface area contributed by atoms with E-state index in [9.17, 15) is 19.5 Å². The molecule has 6 unspecified atom stereocenters. The summed E-state index contributed by atoms with van der Waals surface area (Å²) in [5.74, 6) is -5.71. The summed E-state index contributed by atoms with van der Waals surface area (Å²) in [6.07, 6.45) is 2.17. The van der Waals surface area contributed by atoms with Crippen molar-refractivity contribution in [3.8, 4) is 17.2 Å². The molecular formula is C41H34Cl3N3O7. The molecule has 0 radical (unpaired) electrons. The van der Waals surface area contributed by atoms with E-state index in [-0.39, 0.29) is 41.0 Å². The van der Waals surface area contributed by atoms with Gasteiger partial charge in [-0.05, 0) is 85.3 Å². The number of hydrogen-bond acceptors (Lipinski definition) is 8. The highest BCUT2D eigenvalue weighted by Crippen LogP contribution is 2.65. The maximum atomic E-state index is 15.4. The van der Waals surface area contributed by atoms with Gasteiger partial charge in [0.05, 0.1) is 53.8 Å². The zero-order valence-electron chi connectivity index (χ0n) is 29.3. The van der Waals surface area contributed by atoms with Gasteiger partial charge in [0.1, 0.15) is 5.75 Å². The van der Waals surface area contributed by atoms with E-state index in [1.807, 2.05) is 13.0 Å². The van der Waals surface area contributed by atoms with Crippen molar-refractivity contribution in [3.63, 3.8) is 0 Å². The number of halogens is 3. The van der Waals surface area contributed by atoms with Crippen LogP contribution in [0.2, 0.25) is 15.1 Å². The van der Waals surface area contributed by atoms with Crippen LogP contribution in [0, 0.1) is 30.6 Å². The Morgan fingerprint density at radius 2 is 1.59 bits per heavy atom. The molecule has 3 fully saturated rings. The van der Waals surface area contributed by atoms with Crippen LogP contribution in [-0.2, 0) is 24.6 Å². The summed E-state index contributed by atoms with van der Waals surface area (Å²) in [4.78, 5) is 60.3. The minimum atomic E-state index is -1.65. The number of anilines is 2. The topological polar surface area (TPSA) is 125 Å². The summed E-state index contributed by atoms with van der Waals surface area (Å²) in [6.45, 7) is 1.83. The van der Waals surface area contributed by atoms with E-state index in [4.69, 9.17) is 44.3 Å². The summed E-state index contributed by atoms with van der Waals surface area (Å²) >= 11 is 19.2. The molecule has 6 atom stereocenters. The Labute approximate surface area is 326 Å². The van der Waals surface area contributed by atoms with Gasteiger partial charge in [-0.2, -0.15) is 5.01 Å².